The van der Waals surface area contributed by atoms with Gasteiger partial charge in [-0.1, -0.05) is 62.4 Å². The van der Waals surface area contributed by atoms with Gasteiger partial charge in [0.1, 0.15) is 0 Å². The topological polar surface area (TPSA) is 33.4 Å². The van der Waals surface area contributed by atoms with Crippen LogP contribution in [0.3, 0.4) is 0 Å². The van der Waals surface area contributed by atoms with Crippen molar-refractivity contribution >= 4 is 11.3 Å². The quantitative estimate of drug-likeness (QED) is 0.389. The first-order chi connectivity index (χ1) is 15.0. The highest BCUT2D eigenvalue weighted by Gasteiger charge is 2.32. The Bertz CT molecular complexity index is 1220. The molecule has 31 heavy (non-hydrogen) atoms. The van der Waals surface area contributed by atoms with Crippen molar-refractivity contribution in [2.24, 2.45) is 5.92 Å². The number of aromatic nitrogens is 3. The van der Waals surface area contributed by atoms with E-state index in [9.17, 15) is 0 Å². The number of imidazole rings is 1. The molecule has 1 aliphatic rings. The Labute approximate surface area is 184 Å². The molecule has 2 aromatic carbocycles. The van der Waals surface area contributed by atoms with E-state index in [-0.39, 0.29) is 0 Å². The molecule has 2 radical (unpaired) electrons. The van der Waals surface area contributed by atoms with Crippen molar-refractivity contribution in [1.82, 2.24) is 14.6 Å². The van der Waals surface area contributed by atoms with Crippen molar-refractivity contribution in [1.29, 1.82) is 0 Å². The Balaban J connectivity index is 1.75. The number of hydrogen-bond donors (Lipinski definition) is 0. The van der Waals surface area contributed by atoms with Crippen LogP contribution < -0.4 is 4.90 Å². The predicted molar refractivity (Wildman–Crippen MR) is 127 cm³/mol. The molecule has 0 atom stereocenters. The molecule has 0 bridgehead atoms. The fourth-order valence-corrected chi connectivity index (χ4v) is 4.23. The number of aryl methyl sites for hydroxylation is 1. The third-order valence-corrected chi connectivity index (χ3v) is 5.93. The minimum absolute atomic E-state index is 0.572. The van der Waals surface area contributed by atoms with E-state index in [0.29, 0.717) is 12.0 Å². The SMILES string of the molecule is [CH]c1ccc(-c2cnc3c(N(CC(C)C)C4CC4)cc(-c4ccccc4C)nn23)cc1. The van der Waals surface area contributed by atoms with E-state index in [1.54, 1.807) is 0 Å². The molecule has 1 aliphatic carbocycles. The van der Waals surface area contributed by atoms with E-state index < -0.39 is 0 Å². The number of nitrogens with zero attached hydrogens (tertiary/aromatic N) is 4. The predicted octanol–water partition coefficient (Wildman–Crippen LogP) is 6.06. The van der Waals surface area contributed by atoms with Crippen LogP contribution in [0.1, 0.15) is 37.8 Å². The van der Waals surface area contributed by atoms with Crippen molar-refractivity contribution in [3.63, 3.8) is 0 Å². The molecule has 2 heterocycles. The maximum atomic E-state index is 5.92. The molecule has 4 nitrogen and oxygen atoms in total. The smallest absolute Gasteiger partial charge is 0.177 e. The standard InChI is InChI=1S/C27H28N4/c1-18(2)17-30(22-13-14-22)25-15-24(23-8-6-5-7-20(23)4)29-31-26(16-28-27(25)31)21-11-9-19(3)10-12-21/h3,5-12,15-16,18,22H,13-14,17H2,1-2,4H3. The molecule has 1 saturated carbocycles. The van der Waals surface area contributed by atoms with Gasteiger partial charge in [-0.15, -0.1) is 0 Å². The molecule has 0 unspecified atom stereocenters. The van der Waals surface area contributed by atoms with E-state index in [1.165, 1.54) is 24.1 Å². The fourth-order valence-electron chi connectivity index (χ4n) is 4.23. The summed E-state index contributed by atoms with van der Waals surface area (Å²) in [6.07, 6.45) is 4.41. The Kier molecular flexibility index (Phi) is 5.01. The average Bonchev–Trinajstić information content (AvgIpc) is 3.51. The van der Waals surface area contributed by atoms with Gasteiger partial charge in [0.05, 0.1) is 23.3 Å². The molecule has 2 aromatic heterocycles. The van der Waals surface area contributed by atoms with Gasteiger partial charge in [-0.2, -0.15) is 5.10 Å². The largest absolute Gasteiger partial charge is 0.365 e. The lowest BCUT2D eigenvalue weighted by Gasteiger charge is -2.27. The van der Waals surface area contributed by atoms with E-state index in [4.69, 9.17) is 17.0 Å². The highest BCUT2D eigenvalue weighted by atomic mass is 15.3. The fraction of sp³-hybridized carbons (Fsp3) is 0.296. The van der Waals surface area contributed by atoms with Gasteiger partial charge >= 0.3 is 0 Å². The highest BCUT2D eigenvalue weighted by molar-refractivity contribution is 5.79. The molecule has 0 amide bonds. The molecule has 156 valence electrons. The summed E-state index contributed by atoms with van der Waals surface area (Å²) in [6, 6.07) is 19.2. The molecule has 0 N–H and O–H groups in total. The lowest BCUT2D eigenvalue weighted by atomic mass is 10.0. The molecule has 0 aliphatic heterocycles. The summed E-state index contributed by atoms with van der Waals surface area (Å²) in [5, 5.41) is 5.06. The molecular weight excluding hydrogens is 380 g/mol. The van der Waals surface area contributed by atoms with Gasteiger partial charge in [-0.25, -0.2) is 9.50 Å². The molecule has 0 saturated heterocycles. The maximum absolute atomic E-state index is 5.92. The van der Waals surface area contributed by atoms with Gasteiger partial charge in [-0.3, -0.25) is 0 Å². The molecule has 4 heteroatoms. The van der Waals surface area contributed by atoms with Gasteiger partial charge in [0.2, 0.25) is 0 Å². The second kappa shape index (κ2) is 7.84. The van der Waals surface area contributed by atoms with Crippen molar-refractivity contribution in [3.8, 4) is 22.5 Å². The van der Waals surface area contributed by atoms with Crippen LogP contribution in [0.15, 0.2) is 60.8 Å². The lowest BCUT2D eigenvalue weighted by molar-refractivity contribution is 0.607. The second-order valence-electron chi connectivity index (χ2n) is 9.01. The Hall–Kier alpha value is -3.14. The third-order valence-electron chi connectivity index (χ3n) is 5.93. The van der Waals surface area contributed by atoms with E-state index >= 15 is 0 Å². The number of benzene rings is 2. The van der Waals surface area contributed by atoms with Gasteiger partial charge < -0.3 is 4.90 Å². The maximum Gasteiger partial charge on any atom is 0.177 e. The first-order valence-corrected chi connectivity index (χ1v) is 11.1. The zero-order valence-electron chi connectivity index (χ0n) is 18.4. The number of anilines is 1. The molecule has 5 rings (SSSR count). The minimum atomic E-state index is 0.572. The van der Waals surface area contributed by atoms with Gasteiger partial charge in [0.25, 0.3) is 0 Å². The highest BCUT2D eigenvalue weighted by Crippen LogP contribution is 2.37. The summed E-state index contributed by atoms with van der Waals surface area (Å²) in [7, 11) is 0. The Morgan fingerprint density at radius 2 is 1.84 bits per heavy atom. The van der Waals surface area contributed by atoms with E-state index in [2.05, 4.69) is 56.0 Å². The van der Waals surface area contributed by atoms with Crippen molar-refractivity contribution in [3.05, 3.63) is 78.8 Å². The summed E-state index contributed by atoms with van der Waals surface area (Å²) >= 11 is 0. The number of rotatable bonds is 6. The van der Waals surface area contributed by atoms with Crippen LogP contribution in [0.2, 0.25) is 0 Å². The van der Waals surface area contributed by atoms with Gasteiger partial charge in [0, 0.05) is 23.7 Å². The summed E-state index contributed by atoms with van der Waals surface area (Å²) in [6.45, 7) is 13.6. The lowest BCUT2D eigenvalue weighted by Crippen LogP contribution is -2.30. The first-order valence-electron chi connectivity index (χ1n) is 11.1. The Morgan fingerprint density at radius 3 is 2.52 bits per heavy atom. The number of fused-ring (bicyclic) bond motifs is 1. The van der Waals surface area contributed by atoms with Crippen LogP contribution in [0.4, 0.5) is 5.69 Å². The third kappa shape index (κ3) is 3.83. The van der Waals surface area contributed by atoms with Crippen LogP contribution in [-0.4, -0.2) is 27.2 Å². The molecule has 1 fully saturated rings. The van der Waals surface area contributed by atoms with E-state index in [0.717, 1.165) is 40.3 Å². The van der Waals surface area contributed by atoms with Gasteiger partial charge in [-0.05, 0) is 49.8 Å². The second-order valence-corrected chi connectivity index (χ2v) is 9.01. The Morgan fingerprint density at radius 1 is 1.10 bits per heavy atom. The normalized spacial score (nSPS) is 13.8. The average molecular weight is 409 g/mol. The van der Waals surface area contributed by atoms with Gasteiger partial charge in [0.15, 0.2) is 5.65 Å². The number of hydrogen-bond acceptors (Lipinski definition) is 3. The summed E-state index contributed by atoms with van der Waals surface area (Å²) in [5.74, 6) is 0.572. The van der Waals surface area contributed by atoms with Crippen molar-refractivity contribution < 1.29 is 0 Å². The van der Waals surface area contributed by atoms with Crippen LogP contribution in [0.5, 0.6) is 0 Å². The van der Waals surface area contributed by atoms with Crippen LogP contribution in [-0.2, 0) is 0 Å². The summed E-state index contributed by atoms with van der Waals surface area (Å²) in [4.78, 5) is 7.39. The molecule has 4 aromatic rings. The minimum Gasteiger partial charge on any atom is -0.365 e. The summed E-state index contributed by atoms with van der Waals surface area (Å²) in [5.41, 5.74) is 8.23. The van der Waals surface area contributed by atoms with Crippen molar-refractivity contribution in [2.45, 2.75) is 39.7 Å². The molecule has 0 spiro atoms. The van der Waals surface area contributed by atoms with Crippen molar-refractivity contribution in [2.75, 3.05) is 11.4 Å². The first kappa shape index (κ1) is 19.8. The summed E-state index contributed by atoms with van der Waals surface area (Å²) < 4.78 is 2.01. The van der Waals surface area contributed by atoms with E-state index in [1.807, 2.05) is 35.0 Å². The monoisotopic (exact) mass is 408 g/mol. The van der Waals surface area contributed by atoms with Crippen LogP contribution in [0, 0.1) is 19.8 Å². The van der Waals surface area contributed by atoms with Crippen LogP contribution in [0.25, 0.3) is 28.2 Å². The van der Waals surface area contributed by atoms with Crippen LogP contribution >= 0.6 is 0 Å². The zero-order valence-corrected chi connectivity index (χ0v) is 18.4. The zero-order chi connectivity index (χ0) is 21.5. The molecular formula is C27H28N4.